The van der Waals surface area contributed by atoms with Crippen LogP contribution in [0.2, 0.25) is 0 Å². The first-order valence-electron chi connectivity index (χ1n) is 5.62. The van der Waals surface area contributed by atoms with Gasteiger partial charge in [-0.25, -0.2) is 4.98 Å². The van der Waals surface area contributed by atoms with Crippen LogP contribution in [-0.2, 0) is 5.75 Å². The van der Waals surface area contributed by atoms with E-state index >= 15 is 0 Å². The monoisotopic (exact) mass is 272 g/mol. The van der Waals surface area contributed by atoms with Crippen molar-refractivity contribution in [3.8, 4) is 0 Å². The van der Waals surface area contributed by atoms with Crippen molar-refractivity contribution in [1.29, 1.82) is 0 Å². The van der Waals surface area contributed by atoms with Crippen LogP contribution < -0.4 is 5.73 Å². The van der Waals surface area contributed by atoms with Gasteiger partial charge in [0.2, 0.25) is 0 Å². The van der Waals surface area contributed by atoms with Crippen molar-refractivity contribution < 1.29 is 0 Å². The minimum atomic E-state index is 0.570. The van der Waals surface area contributed by atoms with Crippen molar-refractivity contribution in [3.05, 3.63) is 53.5 Å². The molecule has 2 aromatic heterocycles. The summed E-state index contributed by atoms with van der Waals surface area (Å²) in [5, 5.41) is 3.60. The van der Waals surface area contributed by atoms with Crippen LogP contribution in [0.3, 0.4) is 0 Å². The van der Waals surface area contributed by atoms with E-state index < -0.39 is 0 Å². The smallest absolute Gasteiger partial charge is 0.123 e. The molecule has 4 heteroatoms. The van der Waals surface area contributed by atoms with E-state index in [-0.39, 0.29) is 0 Å². The Morgan fingerprint density at radius 1 is 1.17 bits per heavy atom. The van der Waals surface area contributed by atoms with Crippen LogP contribution in [0.15, 0.2) is 52.9 Å². The van der Waals surface area contributed by atoms with Crippen molar-refractivity contribution in [2.45, 2.75) is 10.6 Å². The van der Waals surface area contributed by atoms with E-state index in [1.165, 1.54) is 15.6 Å². The van der Waals surface area contributed by atoms with Gasteiger partial charge >= 0.3 is 0 Å². The Morgan fingerprint density at radius 3 is 2.89 bits per heavy atom. The standard InChI is InChI=1S/C14H12N2S2/c15-14-6-5-11(7-16-14)17-8-10-9-18-13-4-2-1-3-12(10)13/h1-7,9H,8H2,(H2,15,16). The molecule has 3 rings (SSSR count). The van der Waals surface area contributed by atoms with Gasteiger partial charge in [0, 0.05) is 21.5 Å². The van der Waals surface area contributed by atoms with E-state index in [1.807, 2.05) is 18.3 Å². The number of thiophene rings is 1. The third-order valence-electron chi connectivity index (χ3n) is 2.71. The highest BCUT2D eigenvalue weighted by molar-refractivity contribution is 7.98. The fourth-order valence-electron chi connectivity index (χ4n) is 1.78. The first kappa shape index (κ1) is 11.6. The summed E-state index contributed by atoms with van der Waals surface area (Å²) < 4.78 is 1.35. The number of aromatic nitrogens is 1. The minimum absolute atomic E-state index is 0.570. The van der Waals surface area contributed by atoms with E-state index in [0.717, 1.165) is 10.6 Å². The maximum absolute atomic E-state index is 5.57. The van der Waals surface area contributed by atoms with Crippen molar-refractivity contribution in [2.75, 3.05) is 5.73 Å². The molecule has 0 unspecified atom stereocenters. The van der Waals surface area contributed by atoms with Crippen molar-refractivity contribution in [2.24, 2.45) is 0 Å². The van der Waals surface area contributed by atoms with Crippen LogP contribution in [-0.4, -0.2) is 4.98 Å². The second-order valence-electron chi connectivity index (χ2n) is 3.96. The maximum Gasteiger partial charge on any atom is 0.123 e. The third-order valence-corrected chi connectivity index (χ3v) is 4.76. The predicted octanol–water partition coefficient (Wildman–Crippen LogP) is 4.17. The Kier molecular flexibility index (Phi) is 3.21. The molecule has 0 bridgehead atoms. The van der Waals surface area contributed by atoms with Gasteiger partial charge in [0.15, 0.2) is 0 Å². The van der Waals surface area contributed by atoms with E-state index in [4.69, 9.17) is 5.73 Å². The van der Waals surface area contributed by atoms with Gasteiger partial charge in [-0.1, -0.05) is 18.2 Å². The number of nitrogens with zero attached hydrogens (tertiary/aromatic N) is 1. The number of thioether (sulfide) groups is 1. The van der Waals surface area contributed by atoms with Gasteiger partial charge in [0.1, 0.15) is 5.82 Å². The summed E-state index contributed by atoms with van der Waals surface area (Å²) in [6.07, 6.45) is 1.83. The molecule has 90 valence electrons. The van der Waals surface area contributed by atoms with E-state index in [0.29, 0.717) is 5.82 Å². The average molecular weight is 272 g/mol. The molecule has 2 heterocycles. The van der Waals surface area contributed by atoms with Crippen molar-refractivity contribution in [1.82, 2.24) is 4.98 Å². The number of benzene rings is 1. The Morgan fingerprint density at radius 2 is 2.06 bits per heavy atom. The maximum atomic E-state index is 5.57. The summed E-state index contributed by atoms with van der Waals surface area (Å²) in [5.41, 5.74) is 6.96. The number of anilines is 1. The van der Waals surface area contributed by atoms with Gasteiger partial charge in [-0.05, 0) is 34.5 Å². The molecule has 0 aliphatic rings. The lowest BCUT2D eigenvalue weighted by Crippen LogP contribution is -1.88. The third kappa shape index (κ3) is 2.35. The second-order valence-corrected chi connectivity index (χ2v) is 5.92. The Balaban J connectivity index is 1.79. The highest BCUT2D eigenvalue weighted by atomic mass is 32.2. The molecule has 0 fully saturated rings. The number of nitrogens with two attached hydrogens (primary N) is 1. The molecule has 3 aromatic rings. The fraction of sp³-hybridized carbons (Fsp3) is 0.0714. The minimum Gasteiger partial charge on any atom is -0.384 e. The molecular formula is C14H12N2S2. The summed E-state index contributed by atoms with van der Waals surface area (Å²) >= 11 is 3.59. The molecule has 2 N–H and O–H groups in total. The number of fused-ring (bicyclic) bond motifs is 1. The molecule has 0 amide bonds. The van der Waals surface area contributed by atoms with E-state index in [9.17, 15) is 0 Å². The van der Waals surface area contributed by atoms with Crippen molar-refractivity contribution >= 4 is 39.0 Å². The zero-order valence-corrected chi connectivity index (χ0v) is 11.3. The lowest BCUT2D eigenvalue weighted by molar-refractivity contribution is 1.24. The summed E-state index contributed by atoms with van der Waals surface area (Å²) in [5.74, 6) is 1.54. The largest absolute Gasteiger partial charge is 0.384 e. The predicted molar refractivity (Wildman–Crippen MR) is 80.0 cm³/mol. The fourth-order valence-corrected chi connectivity index (χ4v) is 3.70. The summed E-state index contributed by atoms with van der Waals surface area (Å²) in [6.45, 7) is 0. The zero-order chi connectivity index (χ0) is 12.4. The molecular weight excluding hydrogens is 260 g/mol. The lowest BCUT2D eigenvalue weighted by atomic mass is 10.2. The van der Waals surface area contributed by atoms with Crippen LogP contribution in [0.4, 0.5) is 5.82 Å². The van der Waals surface area contributed by atoms with Gasteiger partial charge in [0.25, 0.3) is 0 Å². The molecule has 0 radical (unpaired) electrons. The molecule has 0 atom stereocenters. The number of nitrogen functional groups attached to an aromatic ring is 1. The first-order valence-corrected chi connectivity index (χ1v) is 7.49. The van der Waals surface area contributed by atoms with Crippen LogP contribution in [0.1, 0.15) is 5.56 Å². The van der Waals surface area contributed by atoms with Crippen LogP contribution in [0.5, 0.6) is 0 Å². The SMILES string of the molecule is Nc1ccc(SCc2csc3ccccc23)cn1. The molecule has 0 saturated carbocycles. The molecule has 18 heavy (non-hydrogen) atoms. The van der Waals surface area contributed by atoms with Gasteiger partial charge in [-0.15, -0.1) is 23.1 Å². The Bertz CT molecular complexity index is 659. The normalized spacial score (nSPS) is 10.9. The summed E-state index contributed by atoms with van der Waals surface area (Å²) in [4.78, 5) is 5.25. The van der Waals surface area contributed by atoms with E-state index in [1.54, 1.807) is 23.1 Å². The second kappa shape index (κ2) is 5.00. The molecule has 0 saturated heterocycles. The average Bonchev–Trinajstić information content (AvgIpc) is 2.82. The first-order chi connectivity index (χ1) is 8.83. The van der Waals surface area contributed by atoms with Gasteiger partial charge < -0.3 is 5.73 Å². The van der Waals surface area contributed by atoms with Crippen LogP contribution in [0, 0.1) is 0 Å². The lowest BCUT2D eigenvalue weighted by Gasteiger charge is -2.01. The highest BCUT2D eigenvalue weighted by Crippen LogP contribution is 2.31. The summed E-state index contributed by atoms with van der Waals surface area (Å²) in [6, 6.07) is 12.4. The Hall–Kier alpha value is -1.52. The number of pyridine rings is 1. The zero-order valence-electron chi connectivity index (χ0n) is 9.67. The van der Waals surface area contributed by atoms with Crippen LogP contribution >= 0.6 is 23.1 Å². The molecule has 0 spiro atoms. The van der Waals surface area contributed by atoms with Gasteiger partial charge in [-0.3, -0.25) is 0 Å². The molecule has 1 aromatic carbocycles. The van der Waals surface area contributed by atoms with Crippen LogP contribution in [0.25, 0.3) is 10.1 Å². The molecule has 0 aliphatic carbocycles. The van der Waals surface area contributed by atoms with E-state index in [2.05, 4.69) is 34.6 Å². The topological polar surface area (TPSA) is 38.9 Å². The molecule has 0 aliphatic heterocycles. The summed E-state index contributed by atoms with van der Waals surface area (Å²) in [7, 11) is 0. The van der Waals surface area contributed by atoms with Gasteiger partial charge in [-0.2, -0.15) is 0 Å². The van der Waals surface area contributed by atoms with Gasteiger partial charge in [0.05, 0.1) is 0 Å². The number of rotatable bonds is 3. The number of hydrogen-bond donors (Lipinski definition) is 1. The number of hydrogen-bond acceptors (Lipinski definition) is 4. The van der Waals surface area contributed by atoms with Crippen molar-refractivity contribution in [3.63, 3.8) is 0 Å². The Labute approximate surface area is 114 Å². The highest BCUT2D eigenvalue weighted by Gasteiger charge is 2.04. The quantitative estimate of drug-likeness (QED) is 0.727. The molecule has 2 nitrogen and oxygen atoms in total.